The normalized spacial score (nSPS) is 16.4. The van der Waals surface area contributed by atoms with Crippen LogP contribution in [-0.2, 0) is 13.0 Å². The van der Waals surface area contributed by atoms with Crippen molar-refractivity contribution < 1.29 is 5.11 Å². The molecule has 1 N–H and O–H groups in total. The molecule has 0 atom stereocenters. The van der Waals surface area contributed by atoms with Gasteiger partial charge in [0.05, 0.1) is 17.3 Å². The van der Waals surface area contributed by atoms with Gasteiger partial charge in [-0.3, -0.25) is 9.58 Å². The Labute approximate surface area is 145 Å². The molecule has 0 radical (unpaired) electrons. The maximum absolute atomic E-state index is 9.82. The van der Waals surface area contributed by atoms with E-state index in [1.807, 2.05) is 13.8 Å². The van der Waals surface area contributed by atoms with E-state index in [4.69, 9.17) is 0 Å². The molecule has 1 aromatic carbocycles. The summed E-state index contributed by atoms with van der Waals surface area (Å²) in [5, 5.41) is 14.4. The van der Waals surface area contributed by atoms with Crippen LogP contribution in [0.15, 0.2) is 30.3 Å². The summed E-state index contributed by atoms with van der Waals surface area (Å²) in [6, 6.07) is 11.5. The van der Waals surface area contributed by atoms with Crippen LogP contribution in [0.5, 0.6) is 0 Å². The van der Waals surface area contributed by atoms with E-state index in [9.17, 15) is 5.11 Å². The monoisotopic (exact) mass is 327 g/mol. The highest BCUT2D eigenvalue weighted by molar-refractivity contribution is 5.23. The first-order chi connectivity index (χ1) is 11.3. The van der Waals surface area contributed by atoms with Crippen molar-refractivity contribution in [2.45, 2.75) is 58.7 Å². The minimum atomic E-state index is -0.589. The predicted octanol–water partition coefficient (Wildman–Crippen LogP) is 3.26. The minimum Gasteiger partial charge on any atom is -0.390 e. The summed E-state index contributed by atoms with van der Waals surface area (Å²) in [6.45, 7) is 11.1. The first-order valence-corrected chi connectivity index (χ1v) is 8.85. The molecule has 0 spiro atoms. The summed E-state index contributed by atoms with van der Waals surface area (Å²) in [5.41, 5.74) is 4.42. The molecule has 0 saturated carbocycles. The highest BCUT2D eigenvalue weighted by Crippen LogP contribution is 2.24. The molecule has 130 valence electrons. The smallest absolute Gasteiger partial charge is 0.0776 e. The van der Waals surface area contributed by atoms with Crippen molar-refractivity contribution in [2.24, 2.45) is 0 Å². The molecule has 1 aliphatic heterocycles. The Morgan fingerprint density at radius 2 is 1.75 bits per heavy atom. The van der Waals surface area contributed by atoms with Crippen LogP contribution in [0.1, 0.15) is 48.8 Å². The quantitative estimate of drug-likeness (QED) is 0.885. The third-order valence-electron chi connectivity index (χ3n) is 4.78. The standard InChI is InChI=1S/C20H29N3O/c1-15-11-16(2)23(21-15)19-13-22(14-19)12-18-7-5-17(6-8-18)9-10-20(3,4)24/h5-8,11,19,24H,9-10,12-14H2,1-4H3. The highest BCUT2D eigenvalue weighted by atomic mass is 16.3. The zero-order chi connectivity index (χ0) is 17.3. The van der Waals surface area contributed by atoms with Gasteiger partial charge in [-0.2, -0.15) is 5.10 Å². The first kappa shape index (κ1) is 17.2. The number of hydrogen-bond acceptors (Lipinski definition) is 3. The van der Waals surface area contributed by atoms with Gasteiger partial charge in [0.1, 0.15) is 0 Å². The van der Waals surface area contributed by atoms with Crippen molar-refractivity contribution in [3.8, 4) is 0 Å². The summed E-state index contributed by atoms with van der Waals surface area (Å²) in [7, 11) is 0. The van der Waals surface area contributed by atoms with Crippen LogP contribution < -0.4 is 0 Å². The average molecular weight is 327 g/mol. The average Bonchev–Trinajstić information content (AvgIpc) is 2.79. The number of aryl methyl sites for hydroxylation is 3. The van der Waals surface area contributed by atoms with Gasteiger partial charge in [-0.1, -0.05) is 24.3 Å². The van der Waals surface area contributed by atoms with Crippen LogP contribution in [0.3, 0.4) is 0 Å². The summed E-state index contributed by atoms with van der Waals surface area (Å²) in [4.78, 5) is 2.47. The predicted molar refractivity (Wildman–Crippen MR) is 97.1 cm³/mol. The maximum atomic E-state index is 9.82. The van der Waals surface area contributed by atoms with Crippen molar-refractivity contribution >= 4 is 0 Å². The van der Waals surface area contributed by atoms with Gasteiger partial charge in [-0.25, -0.2) is 0 Å². The Hall–Kier alpha value is -1.65. The largest absolute Gasteiger partial charge is 0.390 e. The second-order valence-electron chi connectivity index (χ2n) is 7.85. The molecule has 4 nitrogen and oxygen atoms in total. The van der Waals surface area contributed by atoms with Crippen molar-refractivity contribution in [2.75, 3.05) is 13.1 Å². The number of rotatable bonds is 6. The SMILES string of the molecule is Cc1cc(C)n(C2CN(Cc3ccc(CCC(C)(C)O)cc3)C2)n1. The lowest BCUT2D eigenvalue weighted by Gasteiger charge is -2.39. The molecule has 2 aromatic rings. The van der Waals surface area contributed by atoms with Crippen molar-refractivity contribution in [3.05, 3.63) is 52.8 Å². The molecule has 0 aliphatic carbocycles. The topological polar surface area (TPSA) is 41.3 Å². The van der Waals surface area contributed by atoms with Gasteiger partial charge in [-0.05, 0) is 57.7 Å². The highest BCUT2D eigenvalue weighted by Gasteiger charge is 2.29. The van der Waals surface area contributed by atoms with Crippen molar-refractivity contribution in [1.82, 2.24) is 14.7 Å². The van der Waals surface area contributed by atoms with Crippen LogP contribution in [0, 0.1) is 13.8 Å². The van der Waals surface area contributed by atoms with Crippen LogP contribution in [0.4, 0.5) is 0 Å². The molecular weight excluding hydrogens is 298 g/mol. The number of benzene rings is 1. The molecule has 3 rings (SSSR count). The van der Waals surface area contributed by atoms with Gasteiger partial charge >= 0.3 is 0 Å². The summed E-state index contributed by atoms with van der Waals surface area (Å²) < 4.78 is 2.17. The lowest BCUT2D eigenvalue weighted by molar-refractivity contribution is 0.0714. The Bertz CT molecular complexity index is 676. The minimum absolute atomic E-state index is 0.518. The van der Waals surface area contributed by atoms with Crippen molar-refractivity contribution in [3.63, 3.8) is 0 Å². The summed E-state index contributed by atoms with van der Waals surface area (Å²) in [6.07, 6.45) is 1.72. The molecule has 2 heterocycles. The zero-order valence-corrected chi connectivity index (χ0v) is 15.3. The Balaban J connectivity index is 1.49. The Morgan fingerprint density at radius 1 is 1.12 bits per heavy atom. The lowest BCUT2D eigenvalue weighted by Crippen LogP contribution is -2.47. The van der Waals surface area contributed by atoms with E-state index < -0.39 is 5.60 Å². The molecule has 1 aliphatic rings. The molecule has 1 aromatic heterocycles. The fourth-order valence-corrected chi connectivity index (χ4v) is 3.36. The van der Waals surface area contributed by atoms with Crippen LogP contribution in [0.25, 0.3) is 0 Å². The van der Waals surface area contributed by atoms with E-state index in [2.05, 4.69) is 58.9 Å². The zero-order valence-electron chi connectivity index (χ0n) is 15.3. The van der Waals surface area contributed by atoms with E-state index in [-0.39, 0.29) is 0 Å². The molecule has 0 amide bonds. The lowest BCUT2D eigenvalue weighted by atomic mass is 9.98. The van der Waals surface area contributed by atoms with Crippen LogP contribution >= 0.6 is 0 Å². The second-order valence-corrected chi connectivity index (χ2v) is 7.85. The number of aromatic nitrogens is 2. The molecule has 0 bridgehead atoms. The fraction of sp³-hybridized carbons (Fsp3) is 0.550. The number of likely N-dealkylation sites (tertiary alicyclic amines) is 1. The number of aliphatic hydroxyl groups is 1. The molecule has 1 saturated heterocycles. The van der Waals surface area contributed by atoms with Gasteiger partial charge in [0, 0.05) is 25.3 Å². The summed E-state index contributed by atoms with van der Waals surface area (Å²) in [5.74, 6) is 0. The molecule has 0 unspecified atom stereocenters. The fourth-order valence-electron chi connectivity index (χ4n) is 3.36. The van der Waals surface area contributed by atoms with E-state index in [1.165, 1.54) is 16.8 Å². The van der Waals surface area contributed by atoms with Gasteiger partial charge < -0.3 is 5.11 Å². The number of nitrogens with zero attached hydrogens (tertiary/aromatic N) is 3. The maximum Gasteiger partial charge on any atom is 0.0776 e. The molecule has 24 heavy (non-hydrogen) atoms. The Kier molecular flexibility index (Phi) is 4.79. The molecule has 1 fully saturated rings. The van der Waals surface area contributed by atoms with Gasteiger partial charge in [0.15, 0.2) is 0 Å². The van der Waals surface area contributed by atoms with E-state index in [0.717, 1.165) is 38.2 Å². The molecular formula is C20H29N3O. The van der Waals surface area contributed by atoms with Crippen LogP contribution in [0.2, 0.25) is 0 Å². The third kappa shape index (κ3) is 4.25. The Morgan fingerprint density at radius 3 is 2.29 bits per heavy atom. The van der Waals surface area contributed by atoms with Crippen molar-refractivity contribution in [1.29, 1.82) is 0 Å². The summed E-state index contributed by atoms with van der Waals surface area (Å²) >= 11 is 0. The second kappa shape index (κ2) is 6.69. The van der Waals surface area contributed by atoms with Gasteiger partial charge in [0.25, 0.3) is 0 Å². The third-order valence-corrected chi connectivity index (χ3v) is 4.78. The first-order valence-electron chi connectivity index (χ1n) is 8.85. The molecule has 4 heteroatoms. The van der Waals surface area contributed by atoms with E-state index in [1.54, 1.807) is 0 Å². The number of hydrogen-bond donors (Lipinski definition) is 1. The van der Waals surface area contributed by atoms with Gasteiger partial charge in [0.2, 0.25) is 0 Å². The van der Waals surface area contributed by atoms with E-state index in [0.29, 0.717) is 6.04 Å². The van der Waals surface area contributed by atoms with E-state index >= 15 is 0 Å². The van der Waals surface area contributed by atoms with Gasteiger partial charge in [-0.15, -0.1) is 0 Å². The van der Waals surface area contributed by atoms with Crippen LogP contribution in [-0.4, -0.2) is 38.5 Å².